The fourth-order valence-corrected chi connectivity index (χ4v) is 2.14. The molecule has 0 aliphatic carbocycles. The maximum atomic E-state index is 9.16. The van der Waals surface area contributed by atoms with Gasteiger partial charge >= 0.3 is 11.9 Å². The largest absolute Gasteiger partial charge is 0.493 e. The summed E-state index contributed by atoms with van der Waals surface area (Å²) in [6.07, 6.45) is 0.611. The summed E-state index contributed by atoms with van der Waals surface area (Å²) in [5.41, 5.74) is 2.29. The van der Waals surface area contributed by atoms with Crippen molar-refractivity contribution in [1.29, 1.82) is 0 Å². The summed E-state index contributed by atoms with van der Waals surface area (Å²) < 4.78 is 5.90. The second-order valence-electron chi connectivity index (χ2n) is 5.73. The summed E-state index contributed by atoms with van der Waals surface area (Å²) in [7, 11) is 0. The molecule has 0 aliphatic heterocycles. The first-order valence-electron chi connectivity index (χ1n) is 8.54. The summed E-state index contributed by atoms with van der Waals surface area (Å²) in [5.74, 6) is -2.73. The number of aliphatic hydroxyl groups is 1. The van der Waals surface area contributed by atoms with Crippen molar-refractivity contribution in [1.82, 2.24) is 5.32 Å². The van der Waals surface area contributed by atoms with Crippen molar-refractivity contribution in [2.75, 3.05) is 19.7 Å². The zero-order valence-electron chi connectivity index (χ0n) is 15.2. The molecule has 0 bridgehead atoms. The first-order chi connectivity index (χ1) is 12.9. The van der Waals surface area contributed by atoms with Crippen LogP contribution in [0.4, 0.5) is 0 Å². The molecule has 2 aromatic carbocycles. The van der Waals surface area contributed by atoms with Crippen molar-refractivity contribution in [3.8, 4) is 16.9 Å². The standard InChI is InChI=1S/C18H23NO2.C2H2O4/c1-15(20)14-19-12-7-13-21-18-11-6-5-10-17(18)16-8-3-2-4-9-16;3-1(4)2(5)6/h2-6,8-11,15,19-20H,7,12-14H2,1H3;(H,3,4)(H,5,6). The molecule has 2 rings (SSSR count). The van der Waals surface area contributed by atoms with Crippen LogP contribution in [0.25, 0.3) is 11.1 Å². The van der Waals surface area contributed by atoms with Gasteiger partial charge in [0.1, 0.15) is 5.75 Å². The highest BCUT2D eigenvalue weighted by Gasteiger charge is 2.05. The van der Waals surface area contributed by atoms with Crippen molar-refractivity contribution in [2.45, 2.75) is 19.4 Å². The number of ether oxygens (including phenoxy) is 1. The highest BCUT2D eigenvalue weighted by Crippen LogP contribution is 2.29. The molecule has 0 spiro atoms. The molecule has 0 aliphatic rings. The van der Waals surface area contributed by atoms with E-state index in [0.717, 1.165) is 24.3 Å². The number of nitrogens with one attached hydrogen (secondary N) is 1. The number of rotatable bonds is 8. The zero-order chi connectivity index (χ0) is 20.1. The average Bonchev–Trinajstić information content (AvgIpc) is 2.66. The SMILES string of the molecule is CC(O)CNCCCOc1ccccc1-c1ccccc1.O=C(O)C(=O)O. The lowest BCUT2D eigenvalue weighted by atomic mass is 10.1. The minimum absolute atomic E-state index is 0.301. The Bertz CT molecular complexity index is 691. The maximum absolute atomic E-state index is 9.16. The van der Waals surface area contributed by atoms with Gasteiger partial charge in [-0.05, 0) is 31.5 Å². The minimum Gasteiger partial charge on any atom is -0.493 e. The third-order valence-corrected chi connectivity index (χ3v) is 3.35. The first kappa shape index (κ1) is 22.1. The lowest BCUT2D eigenvalue weighted by Crippen LogP contribution is -2.26. The van der Waals surface area contributed by atoms with Crippen LogP contribution in [0.15, 0.2) is 54.6 Å². The van der Waals surface area contributed by atoms with E-state index in [-0.39, 0.29) is 6.10 Å². The molecule has 0 aromatic heterocycles. The third kappa shape index (κ3) is 9.39. The van der Waals surface area contributed by atoms with Gasteiger partial charge in [0, 0.05) is 12.1 Å². The number of carbonyl (C=O) groups is 2. The second kappa shape index (κ2) is 12.5. The van der Waals surface area contributed by atoms with Gasteiger partial charge < -0.3 is 25.4 Å². The van der Waals surface area contributed by atoms with Gasteiger partial charge in [0.15, 0.2) is 0 Å². The van der Waals surface area contributed by atoms with Crippen LogP contribution in [0.2, 0.25) is 0 Å². The fourth-order valence-electron chi connectivity index (χ4n) is 2.14. The Kier molecular flexibility index (Phi) is 10.2. The van der Waals surface area contributed by atoms with Crippen LogP contribution in [0.1, 0.15) is 13.3 Å². The summed E-state index contributed by atoms with van der Waals surface area (Å²) in [6, 6.07) is 18.4. The van der Waals surface area contributed by atoms with Gasteiger partial charge in [0.05, 0.1) is 12.7 Å². The lowest BCUT2D eigenvalue weighted by Gasteiger charge is -2.12. The van der Waals surface area contributed by atoms with E-state index < -0.39 is 11.9 Å². The smallest absolute Gasteiger partial charge is 0.414 e. The van der Waals surface area contributed by atoms with E-state index in [9.17, 15) is 0 Å². The molecule has 0 heterocycles. The van der Waals surface area contributed by atoms with Crippen LogP contribution in [0, 0.1) is 0 Å². The summed E-state index contributed by atoms with van der Waals surface area (Å²) in [6.45, 7) is 3.91. The maximum Gasteiger partial charge on any atom is 0.414 e. The molecule has 27 heavy (non-hydrogen) atoms. The Balaban J connectivity index is 0.000000527. The topological polar surface area (TPSA) is 116 Å². The van der Waals surface area contributed by atoms with Gasteiger partial charge in [-0.2, -0.15) is 0 Å². The van der Waals surface area contributed by atoms with E-state index >= 15 is 0 Å². The van der Waals surface area contributed by atoms with Crippen molar-refractivity contribution in [3.05, 3.63) is 54.6 Å². The number of benzene rings is 2. The van der Waals surface area contributed by atoms with Gasteiger partial charge in [-0.15, -0.1) is 0 Å². The van der Waals surface area contributed by atoms with Crippen LogP contribution in [-0.2, 0) is 9.59 Å². The van der Waals surface area contributed by atoms with E-state index in [1.807, 2.05) is 36.4 Å². The van der Waals surface area contributed by atoms with Crippen molar-refractivity contribution >= 4 is 11.9 Å². The van der Waals surface area contributed by atoms with Crippen LogP contribution in [0.3, 0.4) is 0 Å². The molecule has 0 radical (unpaired) electrons. The normalized spacial score (nSPS) is 11.0. The highest BCUT2D eigenvalue weighted by molar-refractivity contribution is 6.27. The van der Waals surface area contributed by atoms with Crippen LogP contribution >= 0.6 is 0 Å². The Labute approximate surface area is 158 Å². The average molecular weight is 375 g/mol. The van der Waals surface area contributed by atoms with E-state index in [4.69, 9.17) is 29.6 Å². The summed E-state index contributed by atoms with van der Waals surface area (Å²) >= 11 is 0. The molecule has 7 nitrogen and oxygen atoms in total. The Morgan fingerprint density at radius 2 is 1.59 bits per heavy atom. The van der Waals surface area contributed by atoms with E-state index in [2.05, 4.69) is 23.5 Å². The van der Waals surface area contributed by atoms with Crippen LogP contribution in [0.5, 0.6) is 5.75 Å². The molecule has 1 atom stereocenters. The molecule has 1 unspecified atom stereocenters. The Hall–Kier alpha value is -2.90. The van der Waals surface area contributed by atoms with Crippen LogP contribution in [-0.4, -0.2) is 53.1 Å². The molecule has 0 fully saturated rings. The molecule has 0 saturated carbocycles. The van der Waals surface area contributed by atoms with E-state index in [1.54, 1.807) is 6.92 Å². The van der Waals surface area contributed by atoms with Gasteiger partial charge in [-0.25, -0.2) is 9.59 Å². The molecule has 2 aromatic rings. The molecule has 0 saturated heterocycles. The molecule has 0 amide bonds. The summed E-state index contributed by atoms with van der Waals surface area (Å²) in [4.78, 5) is 18.2. The predicted octanol–water partition coefficient (Wildman–Crippen LogP) is 2.25. The number of hydrogen-bond acceptors (Lipinski definition) is 5. The molecule has 146 valence electrons. The van der Waals surface area contributed by atoms with Crippen LogP contribution < -0.4 is 10.1 Å². The molecule has 7 heteroatoms. The van der Waals surface area contributed by atoms with Gasteiger partial charge in [0.2, 0.25) is 0 Å². The number of para-hydroxylation sites is 1. The fraction of sp³-hybridized carbons (Fsp3) is 0.300. The first-order valence-corrected chi connectivity index (χ1v) is 8.54. The number of aliphatic hydroxyl groups excluding tert-OH is 1. The van der Waals surface area contributed by atoms with Gasteiger partial charge in [0.25, 0.3) is 0 Å². The number of carboxylic acids is 2. The predicted molar refractivity (Wildman–Crippen MR) is 102 cm³/mol. The molecule has 4 N–H and O–H groups in total. The van der Waals surface area contributed by atoms with E-state index in [1.165, 1.54) is 5.56 Å². The zero-order valence-corrected chi connectivity index (χ0v) is 15.2. The Morgan fingerprint density at radius 3 is 2.19 bits per heavy atom. The number of carboxylic acid groups (broad SMARTS) is 2. The van der Waals surface area contributed by atoms with Gasteiger partial charge in [-0.3, -0.25) is 0 Å². The van der Waals surface area contributed by atoms with Gasteiger partial charge in [-0.1, -0.05) is 48.5 Å². The molecular weight excluding hydrogens is 350 g/mol. The third-order valence-electron chi connectivity index (χ3n) is 3.35. The number of aliphatic carboxylic acids is 2. The van der Waals surface area contributed by atoms with Crippen molar-refractivity contribution in [2.24, 2.45) is 0 Å². The van der Waals surface area contributed by atoms with Crippen molar-refractivity contribution < 1.29 is 29.6 Å². The Morgan fingerprint density at radius 1 is 1.00 bits per heavy atom. The van der Waals surface area contributed by atoms with Crippen molar-refractivity contribution in [3.63, 3.8) is 0 Å². The van der Waals surface area contributed by atoms with E-state index in [0.29, 0.717) is 13.2 Å². The number of hydrogen-bond donors (Lipinski definition) is 4. The monoisotopic (exact) mass is 375 g/mol. The minimum atomic E-state index is -1.82. The summed E-state index contributed by atoms with van der Waals surface area (Å²) in [5, 5.41) is 27.1. The molecular formula is C20H25NO6. The second-order valence-corrected chi connectivity index (χ2v) is 5.73. The highest BCUT2D eigenvalue weighted by atomic mass is 16.5. The quantitative estimate of drug-likeness (QED) is 0.413. The lowest BCUT2D eigenvalue weighted by molar-refractivity contribution is -0.159.